The summed E-state index contributed by atoms with van der Waals surface area (Å²) in [6.45, 7) is 2.82. The first-order chi connectivity index (χ1) is 21.7. The lowest BCUT2D eigenvalue weighted by Gasteiger charge is -2.38. The van der Waals surface area contributed by atoms with E-state index < -0.39 is 12.7 Å². The van der Waals surface area contributed by atoms with Crippen molar-refractivity contribution in [3.8, 4) is 17.6 Å². The molecule has 3 aromatic rings. The van der Waals surface area contributed by atoms with E-state index in [2.05, 4.69) is 39.7 Å². The van der Waals surface area contributed by atoms with Crippen molar-refractivity contribution < 1.29 is 32.2 Å². The molecule has 3 N–H and O–H groups in total. The van der Waals surface area contributed by atoms with Gasteiger partial charge in [0.05, 0.1) is 43.1 Å². The number of anilines is 2. The Bertz CT molecular complexity index is 1530. The molecule has 0 aliphatic carbocycles. The zero-order chi connectivity index (χ0) is 31.8. The number of fused-ring (bicyclic) bond motifs is 4. The molecule has 0 spiro atoms. The summed E-state index contributed by atoms with van der Waals surface area (Å²) in [4.78, 5) is 14.7. The van der Waals surface area contributed by atoms with E-state index in [0.29, 0.717) is 60.2 Å². The largest absolute Gasteiger partial charge is 0.490 e. The van der Waals surface area contributed by atoms with Crippen LogP contribution in [0.2, 0.25) is 0 Å². The number of likely N-dealkylation sites (tertiary alicyclic amines) is 1. The first-order valence-corrected chi connectivity index (χ1v) is 15.2. The van der Waals surface area contributed by atoms with Gasteiger partial charge in [0.15, 0.2) is 0 Å². The maximum Gasteiger partial charge on any atom is 0.406 e. The highest BCUT2D eigenvalue weighted by atomic mass is 19.4. The quantitative estimate of drug-likeness (QED) is 0.359. The second kappa shape index (κ2) is 14.9. The first-order valence-electron chi connectivity index (χ1n) is 15.2. The molecule has 1 amide bonds. The zero-order valence-electron chi connectivity index (χ0n) is 25.6. The van der Waals surface area contributed by atoms with Gasteiger partial charge in [0.1, 0.15) is 18.9 Å². The van der Waals surface area contributed by atoms with Crippen molar-refractivity contribution in [3.05, 3.63) is 53.7 Å². The SMILES string of the molecule is CNC(=O)c1ccc2cc1OCCOCCOCCC1CN(C)CCC1Nc1cccc3c1cc(n3CC(F)(F)F)C#CCN2. The first kappa shape index (κ1) is 32.5. The number of hydrogen-bond donors (Lipinski definition) is 3. The Morgan fingerprint density at radius 2 is 1.87 bits per heavy atom. The number of nitrogens with one attached hydrogen (secondary N) is 3. The van der Waals surface area contributed by atoms with Crippen molar-refractivity contribution in [1.82, 2.24) is 14.8 Å². The lowest BCUT2D eigenvalue weighted by atomic mass is 9.89. The van der Waals surface area contributed by atoms with Gasteiger partial charge in [0.25, 0.3) is 5.91 Å². The summed E-state index contributed by atoms with van der Waals surface area (Å²) in [5, 5.41) is 10.1. The molecule has 12 heteroatoms. The van der Waals surface area contributed by atoms with Crippen molar-refractivity contribution in [2.45, 2.75) is 31.6 Å². The van der Waals surface area contributed by atoms with Crippen LogP contribution in [0.1, 0.15) is 28.9 Å². The molecule has 1 aromatic heterocycles. The molecule has 45 heavy (non-hydrogen) atoms. The van der Waals surface area contributed by atoms with Crippen LogP contribution in [0.15, 0.2) is 42.5 Å². The fourth-order valence-corrected chi connectivity index (χ4v) is 5.88. The van der Waals surface area contributed by atoms with Crippen molar-refractivity contribution in [1.29, 1.82) is 0 Å². The second-order valence-corrected chi connectivity index (χ2v) is 11.3. The van der Waals surface area contributed by atoms with Crippen LogP contribution in [0.25, 0.3) is 10.9 Å². The summed E-state index contributed by atoms with van der Waals surface area (Å²) >= 11 is 0. The van der Waals surface area contributed by atoms with Crippen molar-refractivity contribution in [3.63, 3.8) is 0 Å². The van der Waals surface area contributed by atoms with Gasteiger partial charge in [-0.2, -0.15) is 13.2 Å². The van der Waals surface area contributed by atoms with E-state index in [1.807, 2.05) is 6.07 Å². The highest BCUT2D eigenvalue weighted by molar-refractivity contribution is 5.97. The monoisotopic (exact) mass is 627 g/mol. The Hall–Kier alpha value is -3.92. The van der Waals surface area contributed by atoms with Gasteiger partial charge < -0.3 is 39.6 Å². The van der Waals surface area contributed by atoms with Gasteiger partial charge in [-0.05, 0) is 68.6 Å². The molecule has 0 saturated carbocycles. The smallest absolute Gasteiger partial charge is 0.406 e. The molecule has 2 aliphatic rings. The van der Waals surface area contributed by atoms with Crippen LogP contribution in [0.5, 0.6) is 5.75 Å². The number of carbonyl (C=O) groups excluding carboxylic acids is 1. The average molecular weight is 628 g/mol. The summed E-state index contributed by atoms with van der Waals surface area (Å²) in [6.07, 6.45) is -2.68. The maximum atomic E-state index is 13.7. The summed E-state index contributed by atoms with van der Waals surface area (Å²) in [5.41, 5.74) is 2.57. The molecular weight excluding hydrogens is 587 g/mol. The standard InChI is InChI=1S/C33H40F3N5O4/c1-37-32(42)26-9-8-24-19-31(26)45-18-17-44-16-15-43-14-11-23-21-40(2)13-10-28(23)39-29-6-3-7-30-27(29)20-25(5-4-12-38-24)41(30)22-33(34,35)36/h3,6-9,19-20,23,28,38-39H,10-18,21-22H2,1-2H3,(H,37,42). The number of piperidine rings is 1. The van der Waals surface area contributed by atoms with Crippen LogP contribution in [-0.2, 0) is 16.0 Å². The summed E-state index contributed by atoms with van der Waals surface area (Å²) in [6, 6.07) is 12.4. The van der Waals surface area contributed by atoms with E-state index in [0.717, 1.165) is 31.6 Å². The molecular formula is C33H40F3N5O4. The third-order valence-corrected chi connectivity index (χ3v) is 8.10. The van der Waals surface area contributed by atoms with Crippen molar-refractivity contribution >= 4 is 28.2 Å². The minimum atomic E-state index is -4.42. The highest BCUT2D eigenvalue weighted by Crippen LogP contribution is 2.32. The normalized spacial score (nSPS) is 20.6. The molecule has 3 heterocycles. The number of nitrogens with zero attached hydrogens (tertiary/aromatic N) is 2. The van der Waals surface area contributed by atoms with Gasteiger partial charge in [-0.25, -0.2) is 0 Å². The Labute approximate surface area is 261 Å². The molecule has 4 bridgehead atoms. The van der Waals surface area contributed by atoms with Crippen LogP contribution in [-0.4, -0.2) is 94.4 Å². The number of aromatic nitrogens is 1. The molecule has 1 saturated heterocycles. The number of benzene rings is 2. The number of amides is 1. The number of ether oxygens (including phenoxy) is 3. The Balaban J connectivity index is 1.46. The lowest BCUT2D eigenvalue weighted by Crippen LogP contribution is -2.45. The molecule has 1 fully saturated rings. The summed E-state index contributed by atoms with van der Waals surface area (Å²) in [5.74, 6) is 6.31. The topological polar surface area (TPSA) is 89.0 Å². The van der Waals surface area contributed by atoms with Gasteiger partial charge in [-0.15, -0.1) is 0 Å². The van der Waals surface area contributed by atoms with E-state index in [1.165, 1.54) is 4.57 Å². The van der Waals surface area contributed by atoms with E-state index >= 15 is 0 Å². The van der Waals surface area contributed by atoms with E-state index in [4.69, 9.17) is 14.2 Å². The van der Waals surface area contributed by atoms with Gasteiger partial charge in [-0.1, -0.05) is 12.0 Å². The van der Waals surface area contributed by atoms with Crippen LogP contribution in [0.3, 0.4) is 0 Å². The molecule has 5 rings (SSSR count). The third-order valence-electron chi connectivity index (χ3n) is 8.10. The van der Waals surface area contributed by atoms with Gasteiger partial charge >= 0.3 is 6.18 Å². The average Bonchev–Trinajstić information content (AvgIpc) is 3.35. The Morgan fingerprint density at radius 1 is 1.07 bits per heavy atom. The Morgan fingerprint density at radius 3 is 2.67 bits per heavy atom. The number of carbonyl (C=O) groups is 1. The fourth-order valence-electron chi connectivity index (χ4n) is 5.88. The van der Waals surface area contributed by atoms with Gasteiger partial charge in [0.2, 0.25) is 0 Å². The number of alkyl halides is 3. The van der Waals surface area contributed by atoms with Gasteiger partial charge in [-0.3, -0.25) is 4.79 Å². The molecule has 2 unspecified atom stereocenters. The van der Waals surface area contributed by atoms with Crippen molar-refractivity contribution in [2.24, 2.45) is 5.92 Å². The molecule has 2 aromatic carbocycles. The molecule has 9 nitrogen and oxygen atoms in total. The minimum Gasteiger partial charge on any atom is -0.490 e. The van der Waals surface area contributed by atoms with Crippen LogP contribution >= 0.6 is 0 Å². The van der Waals surface area contributed by atoms with Crippen LogP contribution < -0.4 is 20.7 Å². The highest BCUT2D eigenvalue weighted by Gasteiger charge is 2.31. The molecule has 0 radical (unpaired) electrons. The third kappa shape index (κ3) is 8.63. The minimum absolute atomic E-state index is 0.143. The van der Waals surface area contributed by atoms with Gasteiger partial charge in [0, 0.05) is 49.1 Å². The van der Waals surface area contributed by atoms with E-state index in [1.54, 1.807) is 43.4 Å². The summed E-state index contributed by atoms with van der Waals surface area (Å²) < 4.78 is 59.9. The number of hydrogen-bond acceptors (Lipinski definition) is 7. The maximum absolute atomic E-state index is 13.7. The van der Waals surface area contributed by atoms with Crippen LogP contribution in [0, 0.1) is 17.8 Å². The molecule has 2 aliphatic heterocycles. The van der Waals surface area contributed by atoms with Crippen molar-refractivity contribution in [2.75, 3.05) is 77.4 Å². The number of halogens is 3. The fraction of sp³-hybridized carbons (Fsp3) is 0.485. The Kier molecular flexibility index (Phi) is 10.8. The number of rotatable bonds is 2. The van der Waals surface area contributed by atoms with E-state index in [9.17, 15) is 18.0 Å². The van der Waals surface area contributed by atoms with Crippen LogP contribution in [0.4, 0.5) is 24.5 Å². The molecule has 242 valence electrons. The predicted octanol–water partition coefficient (Wildman–Crippen LogP) is 4.57. The molecule has 2 atom stereocenters. The predicted molar refractivity (Wildman–Crippen MR) is 168 cm³/mol. The lowest BCUT2D eigenvalue weighted by molar-refractivity contribution is -0.140. The zero-order valence-corrected chi connectivity index (χ0v) is 25.6. The second-order valence-electron chi connectivity index (χ2n) is 11.3. The van der Waals surface area contributed by atoms with E-state index in [-0.39, 0.29) is 30.8 Å². The summed E-state index contributed by atoms with van der Waals surface area (Å²) in [7, 11) is 3.64.